The predicted molar refractivity (Wildman–Crippen MR) is 163 cm³/mol. The molecule has 1 radical (unpaired) electrons. The van der Waals surface area contributed by atoms with Gasteiger partial charge in [-0.25, -0.2) is 9.78 Å². The summed E-state index contributed by atoms with van der Waals surface area (Å²) in [5.74, 6) is -0.693. The van der Waals surface area contributed by atoms with Crippen molar-refractivity contribution < 1.29 is 48.4 Å². The van der Waals surface area contributed by atoms with E-state index in [1.54, 1.807) is 6.20 Å². The second kappa shape index (κ2) is 16.2. The molecule has 0 saturated heterocycles. The SMILES string of the molecule is O=COc1ccnc(-c2cc(OC=O)cc(-c3cc(C(=O)O)ccn3)n2)c1.[Ru+].[c-]1ccccc1-c1cccc(-c2ccccn2)n1. The standard InChI is InChI=1S/C18H11N3O6.C16H11N2.Ru/c22-9-26-12-2-4-20-15(6-12)17-8-13(27-10-23)7-16(21-17)14-5-11(18(24)25)1-3-19-14;1-2-7-13(8-3-1)14-10-6-11-16(18-14)15-9-4-5-12-17-15;/h1-10H,(H,24,25);1-7,9-12H;/q;-1;+1. The zero-order chi connectivity index (χ0) is 31.4. The number of carboxylic acid groups (broad SMARTS) is 1. The van der Waals surface area contributed by atoms with Crippen molar-refractivity contribution in [2.24, 2.45) is 0 Å². The first-order valence-corrected chi connectivity index (χ1v) is 13.3. The van der Waals surface area contributed by atoms with Gasteiger partial charge >= 0.3 is 25.4 Å². The first kappa shape index (κ1) is 32.9. The van der Waals surface area contributed by atoms with Crippen LogP contribution in [0, 0.1) is 6.07 Å². The van der Waals surface area contributed by atoms with E-state index < -0.39 is 5.97 Å². The van der Waals surface area contributed by atoms with Crippen LogP contribution in [0.25, 0.3) is 45.4 Å². The Morgan fingerprint density at radius 1 is 0.609 bits per heavy atom. The fourth-order valence-corrected chi connectivity index (χ4v) is 4.07. The zero-order valence-electron chi connectivity index (χ0n) is 23.7. The first-order valence-electron chi connectivity index (χ1n) is 13.3. The minimum Gasteiger partial charge on any atom is -0.478 e. The predicted octanol–water partition coefficient (Wildman–Crippen LogP) is 5.58. The minimum atomic E-state index is -1.11. The van der Waals surface area contributed by atoms with Crippen LogP contribution in [0.3, 0.4) is 0 Å². The van der Waals surface area contributed by atoms with E-state index in [1.165, 1.54) is 48.8 Å². The van der Waals surface area contributed by atoms with Crippen molar-refractivity contribution in [2.45, 2.75) is 0 Å². The van der Waals surface area contributed by atoms with Gasteiger partial charge in [0, 0.05) is 36.8 Å². The van der Waals surface area contributed by atoms with E-state index in [9.17, 15) is 14.4 Å². The minimum absolute atomic E-state index is 0. The molecule has 46 heavy (non-hydrogen) atoms. The summed E-state index contributed by atoms with van der Waals surface area (Å²) in [5.41, 5.74) is 4.91. The summed E-state index contributed by atoms with van der Waals surface area (Å²) in [5, 5.41) is 9.14. The van der Waals surface area contributed by atoms with E-state index in [0.717, 1.165) is 22.6 Å². The first-order chi connectivity index (χ1) is 22.0. The smallest absolute Gasteiger partial charge is 0.478 e. The molecule has 1 aromatic carbocycles. The van der Waals surface area contributed by atoms with Gasteiger partial charge in [0.2, 0.25) is 0 Å². The Labute approximate surface area is 275 Å². The van der Waals surface area contributed by atoms with E-state index in [4.69, 9.17) is 14.6 Å². The molecule has 0 aliphatic heterocycles. The van der Waals surface area contributed by atoms with E-state index in [2.05, 4.69) is 31.0 Å². The molecular weight excluding hydrogens is 675 g/mol. The fraction of sp³-hybridized carbons (Fsp3) is 0. The van der Waals surface area contributed by atoms with Gasteiger partial charge < -0.3 is 14.6 Å². The summed E-state index contributed by atoms with van der Waals surface area (Å²) in [6.45, 7) is 0.536. The van der Waals surface area contributed by atoms with Crippen molar-refractivity contribution in [3.05, 3.63) is 127 Å². The van der Waals surface area contributed by atoms with Crippen molar-refractivity contribution in [1.29, 1.82) is 0 Å². The molecule has 12 heteroatoms. The van der Waals surface area contributed by atoms with Crippen LogP contribution in [-0.4, -0.2) is 48.9 Å². The summed E-state index contributed by atoms with van der Waals surface area (Å²) in [6, 6.07) is 31.4. The molecule has 0 amide bonds. The molecule has 0 aliphatic carbocycles. The van der Waals surface area contributed by atoms with Gasteiger partial charge in [0.1, 0.15) is 11.5 Å². The van der Waals surface area contributed by atoms with Gasteiger partial charge in [0.25, 0.3) is 12.9 Å². The number of carbonyl (C=O) groups excluding carboxylic acids is 2. The Kier molecular flexibility index (Phi) is 11.6. The van der Waals surface area contributed by atoms with Crippen molar-refractivity contribution in [2.75, 3.05) is 0 Å². The third-order valence-electron chi connectivity index (χ3n) is 6.09. The molecule has 0 saturated carbocycles. The van der Waals surface area contributed by atoms with Crippen molar-refractivity contribution >= 4 is 18.9 Å². The van der Waals surface area contributed by atoms with Gasteiger partial charge in [-0.2, -0.15) is 0 Å². The number of hydrogen-bond donors (Lipinski definition) is 1. The average molecular weight is 698 g/mol. The van der Waals surface area contributed by atoms with Crippen molar-refractivity contribution in [3.63, 3.8) is 0 Å². The van der Waals surface area contributed by atoms with Crippen LogP contribution >= 0.6 is 0 Å². The zero-order valence-corrected chi connectivity index (χ0v) is 25.4. The van der Waals surface area contributed by atoms with Crippen LogP contribution in [0.2, 0.25) is 0 Å². The topological polar surface area (TPSA) is 154 Å². The van der Waals surface area contributed by atoms with Crippen LogP contribution in [0.5, 0.6) is 11.5 Å². The Morgan fingerprint density at radius 3 is 1.89 bits per heavy atom. The summed E-state index contributed by atoms with van der Waals surface area (Å²) >= 11 is 0. The Bertz CT molecular complexity index is 1890. The molecule has 0 spiro atoms. The summed E-state index contributed by atoms with van der Waals surface area (Å²) in [6.07, 6.45) is 4.54. The van der Waals surface area contributed by atoms with Gasteiger partial charge in [-0.3, -0.25) is 29.5 Å². The van der Waals surface area contributed by atoms with Crippen molar-refractivity contribution in [1.82, 2.24) is 24.9 Å². The second-order valence-corrected chi connectivity index (χ2v) is 9.01. The molecule has 0 unspecified atom stereocenters. The molecule has 0 atom stereocenters. The number of aromatic nitrogens is 5. The van der Waals surface area contributed by atoms with Crippen LogP contribution in [0.1, 0.15) is 10.4 Å². The normalized spacial score (nSPS) is 9.91. The number of pyridine rings is 5. The molecular formula is C34H22N5O6Ru. The maximum Gasteiger partial charge on any atom is 1.00 e. The van der Waals surface area contributed by atoms with Gasteiger partial charge in [-0.05, 0) is 42.1 Å². The second-order valence-electron chi connectivity index (χ2n) is 9.01. The number of nitrogens with zero attached hydrogens (tertiary/aromatic N) is 5. The van der Waals surface area contributed by atoms with Gasteiger partial charge in [0.05, 0.1) is 39.7 Å². The molecule has 0 fully saturated rings. The Balaban J connectivity index is 0.000000220. The monoisotopic (exact) mass is 698 g/mol. The summed E-state index contributed by atoms with van der Waals surface area (Å²) < 4.78 is 9.70. The number of hydrogen-bond acceptors (Lipinski definition) is 10. The molecule has 0 bridgehead atoms. The molecule has 11 nitrogen and oxygen atoms in total. The fourth-order valence-electron chi connectivity index (χ4n) is 4.07. The molecule has 0 aliphatic rings. The quantitative estimate of drug-likeness (QED) is 0.114. The Hall–Kier alpha value is -6.00. The number of ether oxygens (including phenoxy) is 2. The van der Waals surface area contributed by atoms with E-state index in [1.807, 2.05) is 60.7 Å². The average Bonchev–Trinajstić information content (AvgIpc) is 3.10. The molecule has 5 heterocycles. The molecule has 227 valence electrons. The molecule has 6 rings (SSSR count). The number of rotatable bonds is 9. The van der Waals surface area contributed by atoms with Crippen LogP contribution < -0.4 is 9.47 Å². The number of carbonyl (C=O) groups is 3. The largest absolute Gasteiger partial charge is 1.00 e. The van der Waals surface area contributed by atoms with Crippen molar-refractivity contribution in [3.8, 4) is 56.9 Å². The van der Waals surface area contributed by atoms with E-state index >= 15 is 0 Å². The molecule has 1 N–H and O–H groups in total. The summed E-state index contributed by atoms with van der Waals surface area (Å²) in [7, 11) is 0. The van der Waals surface area contributed by atoms with Gasteiger partial charge in [-0.1, -0.05) is 18.2 Å². The Morgan fingerprint density at radius 2 is 1.22 bits per heavy atom. The maximum absolute atomic E-state index is 11.2. The van der Waals surface area contributed by atoms with Gasteiger partial charge in [-0.15, -0.1) is 35.9 Å². The molecule has 6 aromatic rings. The van der Waals surface area contributed by atoms with Crippen LogP contribution in [0.15, 0.2) is 116 Å². The van der Waals surface area contributed by atoms with Crippen LogP contribution in [0.4, 0.5) is 0 Å². The number of carboxylic acids is 1. The van der Waals surface area contributed by atoms with E-state index in [-0.39, 0.29) is 60.9 Å². The number of benzene rings is 1. The molecule has 5 aromatic heterocycles. The van der Waals surface area contributed by atoms with Gasteiger partial charge in [0.15, 0.2) is 0 Å². The van der Waals surface area contributed by atoms with Crippen LogP contribution in [-0.2, 0) is 29.1 Å². The number of aromatic carboxylic acids is 1. The third kappa shape index (κ3) is 8.55. The van der Waals surface area contributed by atoms with E-state index in [0.29, 0.717) is 11.4 Å². The maximum atomic E-state index is 11.2. The summed E-state index contributed by atoms with van der Waals surface area (Å²) in [4.78, 5) is 54.0. The third-order valence-corrected chi connectivity index (χ3v) is 6.09.